The average Bonchev–Trinajstić information content (AvgIpc) is 3.22. The Morgan fingerprint density at radius 2 is 1.76 bits per heavy atom. The summed E-state index contributed by atoms with van der Waals surface area (Å²) in [6, 6.07) is 6.18. The van der Waals surface area contributed by atoms with Crippen LogP contribution in [0.1, 0.15) is 97.5 Å². The quantitative estimate of drug-likeness (QED) is 0.367. The lowest BCUT2D eigenvalue weighted by Gasteiger charge is -2.69. The summed E-state index contributed by atoms with van der Waals surface area (Å²) in [7, 11) is 0. The highest BCUT2D eigenvalue weighted by Gasteiger charge is 2.70. The molecular formula is C32H47FO5. The number of aliphatic hydroxyl groups excluding tert-OH is 2. The van der Waals surface area contributed by atoms with Gasteiger partial charge < -0.3 is 20.4 Å². The van der Waals surface area contributed by atoms with Crippen LogP contribution in [0.15, 0.2) is 24.3 Å². The van der Waals surface area contributed by atoms with Gasteiger partial charge in [0, 0.05) is 11.8 Å². The number of rotatable bonds is 6. The van der Waals surface area contributed by atoms with E-state index in [1.807, 2.05) is 6.92 Å². The third kappa shape index (κ3) is 3.91. The van der Waals surface area contributed by atoms with Crippen LogP contribution in [0.25, 0.3) is 0 Å². The van der Waals surface area contributed by atoms with Gasteiger partial charge in [-0.1, -0.05) is 32.9 Å². The van der Waals surface area contributed by atoms with Crippen LogP contribution in [0.2, 0.25) is 0 Å². The van der Waals surface area contributed by atoms with E-state index in [2.05, 4.69) is 20.8 Å². The van der Waals surface area contributed by atoms with Crippen LogP contribution in [-0.2, 0) is 10.4 Å². The zero-order valence-electron chi connectivity index (χ0n) is 23.5. The molecule has 1 aromatic rings. The molecule has 1 aromatic carbocycles. The molecule has 4 aliphatic carbocycles. The molecule has 0 saturated heterocycles. The summed E-state index contributed by atoms with van der Waals surface area (Å²) in [5, 5.41) is 44.4. The molecule has 0 radical (unpaired) electrons. The third-order valence-electron chi connectivity index (χ3n) is 12.9. The average molecular weight is 531 g/mol. The number of carboxylic acid groups (broad SMARTS) is 1. The van der Waals surface area contributed by atoms with Crippen molar-refractivity contribution in [2.24, 2.45) is 45.8 Å². The van der Waals surface area contributed by atoms with E-state index in [9.17, 15) is 29.6 Å². The van der Waals surface area contributed by atoms with Crippen molar-refractivity contribution in [2.75, 3.05) is 0 Å². The number of hydrogen-bond donors (Lipinski definition) is 4. The SMILES string of the molecule is CC(CCC(=O)O)C1CCC2C3CCC4(C(C)(O)c5ccc(F)cc5)CC(O)CCC4(C)C3CC(O)C12C. The van der Waals surface area contributed by atoms with Gasteiger partial charge in [-0.15, -0.1) is 0 Å². The number of hydrogen-bond acceptors (Lipinski definition) is 4. The van der Waals surface area contributed by atoms with Crippen molar-refractivity contribution in [1.29, 1.82) is 0 Å². The van der Waals surface area contributed by atoms with Gasteiger partial charge in [0.25, 0.3) is 0 Å². The molecule has 4 aliphatic rings. The molecule has 4 saturated carbocycles. The normalized spacial score (nSPS) is 44.8. The maximum Gasteiger partial charge on any atom is 0.303 e. The van der Waals surface area contributed by atoms with E-state index >= 15 is 0 Å². The molecule has 5 rings (SSSR count). The van der Waals surface area contributed by atoms with E-state index in [-0.39, 0.29) is 34.9 Å². The molecule has 0 aromatic heterocycles. The first-order valence-corrected chi connectivity index (χ1v) is 14.8. The predicted molar refractivity (Wildman–Crippen MR) is 144 cm³/mol. The summed E-state index contributed by atoms with van der Waals surface area (Å²) in [6.07, 6.45) is 6.30. The lowest BCUT2D eigenvalue weighted by molar-refractivity contribution is -0.263. The van der Waals surface area contributed by atoms with Gasteiger partial charge in [0.15, 0.2) is 0 Å². The van der Waals surface area contributed by atoms with E-state index in [1.54, 1.807) is 12.1 Å². The summed E-state index contributed by atoms with van der Waals surface area (Å²) in [5.74, 6) is 0.470. The number of aliphatic hydroxyl groups is 3. The van der Waals surface area contributed by atoms with Crippen molar-refractivity contribution in [1.82, 2.24) is 0 Å². The fourth-order valence-electron chi connectivity index (χ4n) is 10.8. The fourth-order valence-corrected chi connectivity index (χ4v) is 10.8. The highest BCUT2D eigenvalue weighted by Crippen LogP contribution is 2.74. The van der Waals surface area contributed by atoms with Crippen LogP contribution in [0.5, 0.6) is 0 Å². The summed E-state index contributed by atoms with van der Waals surface area (Å²) in [5.41, 5.74) is -1.67. The number of benzene rings is 1. The zero-order valence-corrected chi connectivity index (χ0v) is 23.5. The van der Waals surface area contributed by atoms with Gasteiger partial charge in [-0.05, 0) is 123 Å². The molecule has 0 bridgehead atoms. The number of aliphatic carboxylic acids is 1. The van der Waals surface area contributed by atoms with E-state index < -0.39 is 29.2 Å². The fraction of sp³-hybridized carbons (Fsp3) is 0.781. The molecule has 38 heavy (non-hydrogen) atoms. The Bertz CT molecular complexity index is 1040. The van der Waals surface area contributed by atoms with Crippen LogP contribution < -0.4 is 0 Å². The second-order valence-electron chi connectivity index (χ2n) is 14.1. The first-order chi connectivity index (χ1) is 17.8. The predicted octanol–water partition coefficient (Wildman–Crippen LogP) is 5.89. The Kier molecular flexibility index (Phi) is 7.05. The minimum atomic E-state index is -1.25. The van der Waals surface area contributed by atoms with Gasteiger partial charge in [-0.2, -0.15) is 0 Å². The highest BCUT2D eigenvalue weighted by atomic mass is 19.1. The van der Waals surface area contributed by atoms with Gasteiger partial charge in [0.1, 0.15) is 5.82 Å². The van der Waals surface area contributed by atoms with E-state index in [0.29, 0.717) is 49.0 Å². The van der Waals surface area contributed by atoms with Gasteiger partial charge in [-0.25, -0.2) is 4.39 Å². The molecule has 212 valence electrons. The molecule has 0 spiro atoms. The molecule has 11 atom stereocenters. The molecule has 4 fully saturated rings. The number of carbonyl (C=O) groups is 1. The Balaban J connectivity index is 1.50. The monoisotopic (exact) mass is 530 g/mol. The lowest BCUT2D eigenvalue weighted by atomic mass is 9.36. The van der Waals surface area contributed by atoms with Crippen LogP contribution in [0.3, 0.4) is 0 Å². The minimum Gasteiger partial charge on any atom is -0.481 e. The maximum absolute atomic E-state index is 13.8. The first kappa shape index (κ1) is 28.0. The molecule has 0 aliphatic heterocycles. The Hall–Kier alpha value is -1.50. The number of carboxylic acids is 1. The van der Waals surface area contributed by atoms with Gasteiger partial charge in [0.05, 0.1) is 17.8 Å². The Labute approximate surface area is 226 Å². The number of fused-ring (bicyclic) bond motifs is 5. The second-order valence-corrected chi connectivity index (χ2v) is 14.1. The highest BCUT2D eigenvalue weighted by molar-refractivity contribution is 5.66. The van der Waals surface area contributed by atoms with Crippen molar-refractivity contribution in [2.45, 2.75) is 110 Å². The van der Waals surface area contributed by atoms with Crippen molar-refractivity contribution in [3.63, 3.8) is 0 Å². The Morgan fingerprint density at radius 3 is 2.42 bits per heavy atom. The van der Waals surface area contributed by atoms with E-state index in [1.165, 1.54) is 12.1 Å². The van der Waals surface area contributed by atoms with Crippen molar-refractivity contribution in [3.8, 4) is 0 Å². The second kappa shape index (κ2) is 9.55. The van der Waals surface area contributed by atoms with Crippen molar-refractivity contribution >= 4 is 5.97 Å². The van der Waals surface area contributed by atoms with Crippen molar-refractivity contribution in [3.05, 3.63) is 35.6 Å². The van der Waals surface area contributed by atoms with Crippen molar-refractivity contribution < 1.29 is 29.6 Å². The smallest absolute Gasteiger partial charge is 0.303 e. The Morgan fingerprint density at radius 1 is 1.08 bits per heavy atom. The standard InChI is InChI=1S/C32H47FO5/c1-19(5-12-28(36)37)24-10-11-25-23-14-16-32(31(4,38)20-6-8-21(33)9-7-20)18-22(34)13-15-29(32,2)26(23)17-27(35)30(24,25)3/h6-9,19,22-27,34-35,38H,5,10-18H2,1-4H3,(H,36,37). The van der Waals surface area contributed by atoms with Gasteiger partial charge >= 0.3 is 5.97 Å². The van der Waals surface area contributed by atoms with Crippen LogP contribution in [0, 0.1) is 51.7 Å². The van der Waals surface area contributed by atoms with Crippen LogP contribution in [-0.4, -0.2) is 38.6 Å². The molecule has 11 unspecified atom stereocenters. The van der Waals surface area contributed by atoms with Gasteiger partial charge in [0.2, 0.25) is 0 Å². The van der Waals surface area contributed by atoms with Crippen LogP contribution >= 0.6 is 0 Å². The largest absolute Gasteiger partial charge is 0.481 e. The molecule has 0 amide bonds. The summed E-state index contributed by atoms with van der Waals surface area (Å²) < 4.78 is 13.8. The topological polar surface area (TPSA) is 98.0 Å². The summed E-state index contributed by atoms with van der Waals surface area (Å²) in [4.78, 5) is 11.2. The van der Waals surface area contributed by atoms with Gasteiger partial charge in [-0.3, -0.25) is 4.79 Å². The minimum absolute atomic E-state index is 0.169. The number of halogens is 1. The zero-order chi connectivity index (χ0) is 27.7. The summed E-state index contributed by atoms with van der Waals surface area (Å²) in [6.45, 7) is 8.58. The van der Waals surface area contributed by atoms with E-state index in [0.717, 1.165) is 32.1 Å². The third-order valence-corrected chi connectivity index (χ3v) is 12.9. The molecule has 6 heteroatoms. The molecule has 5 nitrogen and oxygen atoms in total. The molecule has 0 heterocycles. The maximum atomic E-state index is 13.8. The first-order valence-electron chi connectivity index (χ1n) is 14.8. The lowest BCUT2D eigenvalue weighted by Crippen LogP contribution is -2.67. The van der Waals surface area contributed by atoms with Crippen LogP contribution in [0.4, 0.5) is 4.39 Å². The molecule has 4 N–H and O–H groups in total. The molecular weight excluding hydrogens is 483 g/mol. The summed E-state index contributed by atoms with van der Waals surface area (Å²) >= 11 is 0. The van der Waals surface area contributed by atoms with E-state index in [4.69, 9.17) is 0 Å².